The maximum Gasteiger partial charge on any atom is 0.269 e. The molecule has 0 radical (unpaired) electrons. The Bertz CT molecular complexity index is 1150. The van der Waals surface area contributed by atoms with Crippen molar-refractivity contribution in [3.05, 3.63) is 99.1 Å². The first-order valence-electron chi connectivity index (χ1n) is 9.87. The molecule has 3 rings (SSSR count). The van der Waals surface area contributed by atoms with Crippen molar-refractivity contribution in [2.24, 2.45) is 5.16 Å². The van der Waals surface area contributed by atoms with Crippen LogP contribution in [0, 0.1) is 21.4 Å². The predicted molar refractivity (Wildman–Crippen MR) is 119 cm³/mol. The number of hydrogen-bond donors (Lipinski definition) is 0. The molecule has 0 aliphatic rings. The van der Waals surface area contributed by atoms with Crippen LogP contribution in [0.25, 0.3) is 0 Å². The summed E-state index contributed by atoms with van der Waals surface area (Å²) in [6.45, 7) is 2.67. The zero-order valence-corrected chi connectivity index (χ0v) is 17.4. The normalized spacial score (nSPS) is 10.5. The summed E-state index contributed by atoms with van der Waals surface area (Å²) in [5.74, 6) is 1.10. The van der Waals surface area contributed by atoms with Gasteiger partial charge in [0.05, 0.1) is 29.4 Å². The number of oxime groups is 1. The number of nitro benzene ring substituents is 1. The molecule has 0 aliphatic carbocycles. The van der Waals surface area contributed by atoms with Crippen LogP contribution in [0.15, 0.2) is 71.9 Å². The van der Waals surface area contributed by atoms with E-state index in [4.69, 9.17) is 14.3 Å². The second-order valence-corrected chi connectivity index (χ2v) is 6.63. The monoisotopic (exact) mass is 431 g/mol. The van der Waals surface area contributed by atoms with Gasteiger partial charge >= 0.3 is 0 Å². The van der Waals surface area contributed by atoms with E-state index >= 15 is 0 Å². The van der Waals surface area contributed by atoms with Crippen LogP contribution in [0.2, 0.25) is 0 Å². The lowest BCUT2D eigenvalue weighted by molar-refractivity contribution is -0.384. The van der Waals surface area contributed by atoms with E-state index in [-0.39, 0.29) is 18.9 Å². The summed E-state index contributed by atoms with van der Waals surface area (Å²) < 4.78 is 11.6. The molecule has 0 spiro atoms. The van der Waals surface area contributed by atoms with E-state index in [0.717, 1.165) is 11.1 Å². The molecule has 3 aromatic carbocycles. The van der Waals surface area contributed by atoms with Gasteiger partial charge < -0.3 is 14.3 Å². The molecule has 0 aromatic heterocycles. The Morgan fingerprint density at radius 2 is 1.88 bits per heavy atom. The Kier molecular flexibility index (Phi) is 7.76. The quantitative estimate of drug-likeness (QED) is 0.254. The van der Waals surface area contributed by atoms with Gasteiger partial charge in [0.25, 0.3) is 5.69 Å². The molecule has 0 saturated heterocycles. The second-order valence-electron chi connectivity index (χ2n) is 6.63. The molecule has 0 heterocycles. The largest absolute Gasteiger partial charge is 0.490 e. The molecule has 8 nitrogen and oxygen atoms in total. The first kappa shape index (κ1) is 22.3. The minimum Gasteiger partial charge on any atom is -0.490 e. The standard InChI is InChI=1S/C24H21N3O5/c1-2-30-24-13-18(15-26-32-16-19-6-5-9-22(12-19)27(28)29)10-11-23(24)31-17-21-8-4-3-7-20(21)14-25/h3-13,15H,2,16-17H2,1H3/b26-15-. The number of nitro groups is 1. The third kappa shape index (κ3) is 6.06. The van der Waals surface area contributed by atoms with E-state index in [1.807, 2.05) is 25.1 Å². The van der Waals surface area contributed by atoms with E-state index in [1.54, 1.807) is 36.4 Å². The second kappa shape index (κ2) is 11.1. The van der Waals surface area contributed by atoms with E-state index in [0.29, 0.717) is 29.2 Å². The van der Waals surface area contributed by atoms with Gasteiger partial charge in [0.1, 0.15) is 13.2 Å². The third-order valence-electron chi connectivity index (χ3n) is 4.42. The predicted octanol–water partition coefficient (Wildman–Crippen LogP) is 4.99. The van der Waals surface area contributed by atoms with Crippen molar-refractivity contribution < 1.29 is 19.2 Å². The van der Waals surface area contributed by atoms with Gasteiger partial charge in [-0.15, -0.1) is 0 Å². The van der Waals surface area contributed by atoms with Crippen LogP contribution in [-0.4, -0.2) is 17.7 Å². The molecule has 0 atom stereocenters. The van der Waals surface area contributed by atoms with Crippen molar-refractivity contribution in [2.45, 2.75) is 20.1 Å². The Morgan fingerprint density at radius 1 is 1.03 bits per heavy atom. The SMILES string of the molecule is CCOc1cc(/C=N\OCc2cccc([N+](=O)[O-])c2)ccc1OCc1ccccc1C#N. The van der Waals surface area contributed by atoms with E-state index < -0.39 is 4.92 Å². The molecule has 0 N–H and O–H groups in total. The molecule has 0 amide bonds. The smallest absolute Gasteiger partial charge is 0.269 e. The van der Waals surface area contributed by atoms with Crippen LogP contribution in [0.3, 0.4) is 0 Å². The number of benzene rings is 3. The van der Waals surface area contributed by atoms with Crippen molar-refractivity contribution in [3.63, 3.8) is 0 Å². The molecular formula is C24H21N3O5. The first-order chi connectivity index (χ1) is 15.6. The van der Waals surface area contributed by atoms with Crippen molar-refractivity contribution in [2.75, 3.05) is 6.61 Å². The summed E-state index contributed by atoms with van der Waals surface area (Å²) >= 11 is 0. The highest BCUT2D eigenvalue weighted by atomic mass is 16.6. The fraction of sp³-hybridized carbons (Fsp3) is 0.167. The van der Waals surface area contributed by atoms with Crippen LogP contribution in [0.1, 0.15) is 29.2 Å². The Balaban J connectivity index is 1.64. The van der Waals surface area contributed by atoms with Gasteiger partial charge in [-0.05, 0) is 36.8 Å². The summed E-state index contributed by atoms with van der Waals surface area (Å²) in [6.07, 6.45) is 1.52. The molecule has 8 heteroatoms. The highest BCUT2D eigenvalue weighted by Gasteiger charge is 2.09. The topological polar surface area (TPSA) is 107 Å². The van der Waals surface area contributed by atoms with E-state index in [2.05, 4.69) is 11.2 Å². The Labute approximate surface area is 185 Å². The Morgan fingerprint density at radius 3 is 2.66 bits per heavy atom. The van der Waals surface area contributed by atoms with Crippen molar-refractivity contribution in [1.82, 2.24) is 0 Å². The summed E-state index contributed by atoms with van der Waals surface area (Å²) in [4.78, 5) is 15.6. The highest BCUT2D eigenvalue weighted by molar-refractivity contribution is 5.80. The van der Waals surface area contributed by atoms with Crippen LogP contribution in [0.4, 0.5) is 5.69 Å². The van der Waals surface area contributed by atoms with Gasteiger partial charge in [0, 0.05) is 23.3 Å². The van der Waals surface area contributed by atoms with Crippen LogP contribution >= 0.6 is 0 Å². The number of non-ortho nitro benzene ring substituents is 1. The van der Waals surface area contributed by atoms with Crippen LogP contribution in [-0.2, 0) is 18.1 Å². The Hall–Kier alpha value is -4.38. The zero-order valence-electron chi connectivity index (χ0n) is 17.4. The van der Waals surface area contributed by atoms with E-state index in [1.165, 1.54) is 18.3 Å². The van der Waals surface area contributed by atoms with Crippen LogP contribution in [0.5, 0.6) is 11.5 Å². The molecule has 0 aliphatic heterocycles. The third-order valence-corrected chi connectivity index (χ3v) is 4.42. The van der Waals surface area contributed by atoms with Gasteiger partial charge in [0.2, 0.25) is 0 Å². The molecular weight excluding hydrogens is 410 g/mol. The van der Waals surface area contributed by atoms with Crippen molar-refractivity contribution in [1.29, 1.82) is 5.26 Å². The lowest BCUT2D eigenvalue weighted by atomic mass is 10.1. The van der Waals surface area contributed by atoms with Crippen molar-refractivity contribution >= 4 is 11.9 Å². The maximum absolute atomic E-state index is 10.8. The summed E-state index contributed by atoms with van der Waals surface area (Å²) in [5, 5.41) is 24.0. The van der Waals surface area contributed by atoms with Gasteiger partial charge in [0.15, 0.2) is 11.5 Å². The van der Waals surface area contributed by atoms with Gasteiger partial charge in [-0.2, -0.15) is 5.26 Å². The molecule has 0 fully saturated rings. The molecule has 162 valence electrons. The molecule has 32 heavy (non-hydrogen) atoms. The van der Waals surface area contributed by atoms with Gasteiger partial charge in [-0.25, -0.2) is 0 Å². The first-order valence-corrected chi connectivity index (χ1v) is 9.87. The minimum atomic E-state index is -0.454. The molecule has 0 bridgehead atoms. The summed E-state index contributed by atoms with van der Waals surface area (Å²) in [7, 11) is 0. The number of nitrogens with zero attached hydrogens (tertiary/aromatic N) is 3. The van der Waals surface area contributed by atoms with Gasteiger partial charge in [-0.1, -0.05) is 35.5 Å². The highest BCUT2D eigenvalue weighted by Crippen LogP contribution is 2.29. The number of hydrogen-bond acceptors (Lipinski definition) is 7. The number of nitriles is 1. The zero-order chi connectivity index (χ0) is 22.8. The lowest BCUT2D eigenvalue weighted by Crippen LogP contribution is -2.02. The fourth-order valence-corrected chi connectivity index (χ4v) is 2.87. The van der Waals surface area contributed by atoms with Gasteiger partial charge in [-0.3, -0.25) is 10.1 Å². The number of ether oxygens (including phenoxy) is 2. The number of rotatable bonds is 10. The lowest BCUT2D eigenvalue weighted by Gasteiger charge is -2.13. The van der Waals surface area contributed by atoms with Crippen LogP contribution < -0.4 is 9.47 Å². The van der Waals surface area contributed by atoms with Crippen molar-refractivity contribution in [3.8, 4) is 17.6 Å². The van der Waals surface area contributed by atoms with E-state index in [9.17, 15) is 15.4 Å². The molecule has 3 aromatic rings. The molecule has 0 unspecified atom stereocenters. The summed E-state index contributed by atoms with van der Waals surface area (Å²) in [5.41, 5.74) is 2.74. The molecule has 0 saturated carbocycles. The minimum absolute atomic E-state index is 0.00409. The maximum atomic E-state index is 10.8. The fourth-order valence-electron chi connectivity index (χ4n) is 2.87. The average Bonchev–Trinajstić information content (AvgIpc) is 2.82. The average molecular weight is 431 g/mol. The summed E-state index contributed by atoms with van der Waals surface area (Å²) in [6, 6.07) is 20.9.